The molecule has 1 saturated heterocycles. The van der Waals surface area contributed by atoms with Crippen molar-refractivity contribution >= 4 is 11.4 Å². The van der Waals surface area contributed by atoms with Crippen molar-refractivity contribution in [3.8, 4) is 0 Å². The molecule has 2 heterocycles. The summed E-state index contributed by atoms with van der Waals surface area (Å²) in [5.41, 5.74) is 7.65. The summed E-state index contributed by atoms with van der Waals surface area (Å²) in [6.45, 7) is 19.0. The minimum atomic E-state index is -0.189. The fourth-order valence-corrected chi connectivity index (χ4v) is 4.56. The highest BCUT2D eigenvalue weighted by molar-refractivity contribution is 5.74. The summed E-state index contributed by atoms with van der Waals surface area (Å²) < 4.78 is 15.1. The van der Waals surface area contributed by atoms with Crippen molar-refractivity contribution in [2.24, 2.45) is 0 Å². The second kappa shape index (κ2) is 6.12. The smallest absolute Gasteiger partial charge is 0.129 e. The third-order valence-electron chi connectivity index (χ3n) is 5.79. The maximum absolute atomic E-state index is 15.1. The van der Waals surface area contributed by atoms with E-state index in [1.54, 1.807) is 12.1 Å². The number of halogens is 1. The van der Waals surface area contributed by atoms with Crippen LogP contribution in [0.2, 0.25) is 0 Å². The molecule has 0 amide bonds. The van der Waals surface area contributed by atoms with Crippen molar-refractivity contribution in [2.75, 3.05) is 4.90 Å². The van der Waals surface area contributed by atoms with E-state index < -0.39 is 0 Å². The first-order chi connectivity index (χ1) is 12.8. The zero-order chi connectivity index (χ0) is 19.5. The first-order valence-electron chi connectivity index (χ1n) is 9.29. The van der Waals surface area contributed by atoms with Crippen LogP contribution >= 0.6 is 0 Å². The van der Waals surface area contributed by atoms with Crippen molar-refractivity contribution in [3.63, 3.8) is 0 Å². The summed E-state index contributed by atoms with van der Waals surface area (Å²) in [4.78, 5) is 4.34. The van der Waals surface area contributed by atoms with E-state index in [2.05, 4.69) is 61.6 Å². The minimum absolute atomic E-state index is 0.0201. The van der Waals surface area contributed by atoms with Crippen molar-refractivity contribution in [2.45, 2.75) is 39.3 Å². The van der Waals surface area contributed by atoms with Crippen LogP contribution in [0.15, 0.2) is 67.5 Å². The zero-order valence-electron chi connectivity index (χ0n) is 16.2. The Balaban J connectivity index is 1.99. The van der Waals surface area contributed by atoms with Gasteiger partial charge in [-0.25, -0.2) is 4.39 Å². The van der Waals surface area contributed by atoms with Crippen LogP contribution < -0.4 is 4.90 Å². The predicted molar refractivity (Wildman–Crippen MR) is 111 cm³/mol. The Morgan fingerprint density at radius 3 is 2.56 bits per heavy atom. The zero-order valence-corrected chi connectivity index (χ0v) is 16.2. The summed E-state index contributed by atoms with van der Waals surface area (Å²) in [6, 6.07) is 11.6. The largest absolute Gasteiger partial charge is 0.337 e. The molecule has 0 aromatic heterocycles. The van der Waals surface area contributed by atoms with Crippen LogP contribution in [0.1, 0.15) is 41.6 Å². The van der Waals surface area contributed by atoms with Crippen molar-refractivity contribution < 1.29 is 4.39 Å². The molecule has 2 bridgehead atoms. The van der Waals surface area contributed by atoms with Gasteiger partial charge in [-0.05, 0) is 50.5 Å². The number of rotatable bonds is 2. The highest BCUT2D eigenvalue weighted by atomic mass is 19.1. The van der Waals surface area contributed by atoms with Crippen molar-refractivity contribution in [3.05, 3.63) is 95.6 Å². The molecule has 2 aromatic carbocycles. The predicted octanol–water partition coefficient (Wildman–Crippen LogP) is 6.10. The van der Waals surface area contributed by atoms with E-state index in [1.807, 2.05) is 13.0 Å². The molecule has 4 rings (SSSR count). The number of aryl methyl sites for hydroxylation is 2. The Morgan fingerprint density at radius 1 is 1.11 bits per heavy atom. The Morgan fingerprint density at radius 2 is 1.85 bits per heavy atom. The average molecular weight is 360 g/mol. The number of anilines is 1. The van der Waals surface area contributed by atoms with Gasteiger partial charge in [0.2, 0.25) is 0 Å². The average Bonchev–Trinajstić information content (AvgIpc) is 2.85. The molecular weight excluding hydrogens is 335 g/mol. The number of benzene rings is 2. The van der Waals surface area contributed by atoms with Gasteiger partial charge in [-0.15, -0.1) is 0 Å². The molecule has 2 aromatic rings. The highest BCUT2D eigenvalue weighted by Crippen LogP contribution is 2.51. The lowest BCUT2D eigenvalue weighted by atomic mass is 9.96. The second-order valence-corrected chi connectivity index (χ2v) is 7.67. The molecule has 0 aliphatic carbocycles. The van der Waals surface area contributed by atoms with Gasteiger partial charge in [-0.2, -0.15) is 0 Å². The first kappa shape index (κ1) is 17.6. The van der Waals surface area contributed by atoms with Crippen LogP contribution in [0, 0.1) is 19.7 Å². The van der Waals surface area contributed by atoms with Crippen LogP contribution in [-0.2, 0) is 0 Å². The summed E-state index contributed by atoms with van der Waals surface area (Å²) in [7, 11) is 0. The topological polar surface area (TPSA) is 6.48 Å². The van der Waals surface area contributed by atoms with E-state index in [0.717, 1.165) is 40.3 Å². The third kappa shape index (κ3) is 2.53. The van der Waals surface area contributed by atoms with Crippen molar-refractivity contribution in [1.82, 2.24) is 4.90 Å². The summed E-state index contributed by atoms with van der Waals surface area (Å²) in [6.07, 6.45) is 0.756. The summed E-state index contributed by atoms with van der Waals surface area (Å²) >= 11 is 0. The van der Waals surface area contributed by atoms with Gasteiger partial charge in [-0.3, -0.25) is 0 Å². The van der Waals surface area contributed by atoms with E-state index in [4.69, 9.17) is 0 Å². The molecule has 2 atom stereocenters. The monoisotopic (exact) mass is 360 g/mol. The van der Waals surface area contributed by atoms with E-state index in [0.29, 0.717) is 5.56 Å². The Kier molecular flexibility index (Phi) is 3.99. The lowest BCUT2D eigenvalue weighted by Gasteiger charge is -2.37. The lowest BCUT2D eigenvalue weighted by molar-refractivity contribution is 0.406. The molecule has 0 saturated carbocycles. The molecular formula is C24H25FN2. The van der Waals surface area contributed by atoms with Gasteiger partial charge in [-0.1, -0.05) is 44.0 Å². The number of hydrogen-bond acceptors (Lipinski definition) is 2. The molecule has 2 nitrogen and oxygen atoms in total. The Labute approximate surface area is 160 Å². The lowest BCUT2D eigenvalue weighted by Crippen LogP contribution is -2.34. The molecule has 2 aliphatic heterocycles. The fourth-order valence-electron chi connectivity index (χ4n) is 4.56. The van der Waals surface area contributed by atoms with Gasteiger partial charge in [0.1, 0.15) is 5.82 Å². The van der Waals surface area contributed by atoms with Gasteiger partial charge in [0.25, 0.3) is 0 Å². The second-order valence-electron chi connectivity index (χ2n) is 7.67. The summed E-state index contributed by atoms with van der Waals surface area (Å²) in [5.74, 6) is -0.189. The van der Waals surface area contributed by atoms with Gasteiger partial charge in [0.15, 0.2) is 0 Å². The minimum Gasteiger partial charge on any atom is -0.337 e. The molecule has 138 valence electrons. The van der Waals surface area contributed by atoms with Crippen LogP contribution in [0.3, 0.4) is 0 Å². The summed E-state index contributed by atoms with van der Waals surface area (Å²) in [5, 5.41) is 0. The normalized spacial score (nSPS) is 21.3. The van der Waals surface area contributed by atoms with E-state index >= 15 is 4.39 Å². The quantitative estimate of drug-likeness (QED) is 0.639. The van der Waals surface area contributed by atoms with Crippen LogP contribution in [0.25, 0.3) is 5.70 Å². The Bertz CT molecular complexity index is 988. The third-order valence-corrected chi connectivity index (χ3v) is 5.79. The van der Waals surface area contributed by atoms with Crippen LogP contribution in [0.4, 0.5) is 10.1 Å². The molecule has 3 heteroatoms. The molecule has 27 heavy (non-hydrogen) atoms. The van der Waals surface area contributed by atoms with Crippen LogP contribution in [0.5, 0.6) is 0 Å². The number of fused-ring (bicyclic) bond motifs is 4. The number of nitrogens with zero attached hydrogens (tertiary/aromatic N) is 2. The van der Waals surface area contributed by atoms with E-state index in [9.17, 15) is 0 Å². The molecule has 2 aliphatic rings. The number of allylic oxidation sites excluding steroid dienone is 1. The fraction of sp³-hybridized carbons (Fsp3) is 0.250. The first-order valence-corrected chi connectivity index (χ1v) is 9.29. The molecule has 0 N–H and O–H groups in total. The molecule has 1 fully saturated rings. The van der Waals surface area contributed by atoms with Gasteiger partial charge < -0.3 is 9.80 Å². The highest BCUT2D eigenvalue weighted by Gasteiger charge is 2.45. The Hall–Kier alpha value is -2.81. The van der Waals surface area contributed by atoms with Gasteiger partial charge in [0, 0.05) is 33.9 Å². The maximum atomic E-state index is 15.1. The maximum Gasteiger partial charge on any atom is 0.129 e. The van der Waals surface area contributed by atoms with Gasteiger partial charge >= 0.3 is 0 Å². The van der Waals surface area contributed by atoms with Gasteiger partial charge in [0.05, 0.1) is 12.1 Å². The van der Waals surface area contributed by atoms with Crippen LogP contribution in [-0.4, -0.2) is 10.9 Å². The number of hydrogen-bond donors (Lipinski definition) is 0. The molecule has 0 spiro atoms. The van der Waals surface area contributed by atoms with E-state index in [1.165, 1.54) is 5.56 Å². The standard InChI is InChI=1S/C24H25FN2/c1-14(2)26-17(5)19-8-7-9-20(25)24(19)23-13-22(26)18(6)27(23)21-12-15(3)10-11-16(21)4/h7-12,22-23H,1,5-6,13H2,2-4H3. The van der Waals surface area contributed by atoms with Crippen molar-refractivity contribution in [1.29, 1.82) is 0 Å². The SMILES string of the molecule is C=C(C)N1C(=C)c2cccc(F)c2C2CC1C(=C)N2c1cc(C)ccc1C. The molecule has 0 radical (unpaired) electrons. The molecule has 2 unspecified atom stereocenters. The van der Waals surface area contributed by atoms with E-state index in [-0.39, 0.29) is 17.9 Å².